The van der Waals surface area contributed by atoms with Crippen LogP contribution in [0.3, 0.4) is 0 Å². The monoisotopic (exact) mass is 510 g/mol. The van der Waals surface area contributed by atoms with Gasteiger partial charge in [-0.2, -0.15) is 8.78 Å². The van der Waals surface area contributed by atoms with E-state index in [4.69, 9.17) is 9.72 Å². The summed E-state index contributed by atoms with van der Waals surface area (Å²) in [6.07, 6.45) is 2.14. The molecule has 10 heteroatoms. The van der Waals surface area contributed by atoms with Gasteiger partial charge < -0.3 is 19.9 Å². The molecule has 2 aromatic heterocycles. The molecule has 2 saturated heterocycles. The van der Waals surface area contributed by atoms with Crippen LogP contribution in [0, 0.1) is 0 Å². The normalized spacial score (nSPS) is 19.5. The molecule has 2 aliphatic rings. The average Bonchev–Trinajstić information content (AvgIpc) is 2.95. The largest absolute Gasteiger partial charge is 0.373 e. The molecule has 2 aliphatic heterocycles. The first-order valence-corrected chi connectivity index (χ1v) is 12.9. The van der Waals surface area contributed by atoms with Crippen molar-refractivity contribution in [2.45, 2.75) is 38.2 Å². The summed E-state index contributed by atoms with van der Waals surface area (Å²) in [5, 5.41) is 3.26. The fourth-order valence-electron chi connectivity index (χ4n) is 5.14. The molecule has 1 N–H and O–H groups in total. The van der Waals surface area contributed by atoms with E-state index in [1.165, 1.54) is 18.4 Å². The molecule has 5 rings (SSSR count). The molecule has 196 valence electrons. The molecule has 37 heavy (non-hydrogen) atoms. The van der Waals surface area contributed by atoms with Gasteiger partial charge in [-0.25, -0.2) is 9.97 Å². The number of rotatable bonds is 7. The number of hydrogen-bond donors (Lipinski definition) is 1. The van der Waals surface area contributed by atoms with Gasteiger partial charge in [0.05, 0.1) is 23.9 Å². The third kappa shape index (κ3) is 5.86. The predicted molar refractivity (Wildman–Crippen MR) is 138 cm³/mol. The van der Waals surface area contributed by atoms with E-state index >= 15 is 0 Å². The minimum atomic E-state index is -3.01. The van der Waals surface area contributed by atoms with E-state index in [-0.39, 0.29) is 19.7 Å². The highest BCUT2D eigenvalue weighted by molar-refractivity contribution is 5.88. The Morgan fingerprint density at radius 2 is 1.89 bits per heavy atom. The van der Waals surface area contributed by atoms with Gasteiger partial charge in [-0.05, 0) is 50.0 Å². The fraction of sp³-hybridized carbons (Fsp3) is 0.481. The molecule has 4 heterocycles. The first-order valence-electron chi connectivity index (χ1n) is 12.9. The number of carbonyl (C=O) groups excluding carboxylic acids is 1. The molecular weight excluding hydrogens is 478 g/mol. The highest BCUT2D eigenvalue weighted by atomic mass is 19.3. The van der Waals surface area contributed by atoms with Crippen molar-refractivity contribution in [3.05, 3.63) is 48.3 Å². The topological polar surface area (TPSA) is 83.5 Å². The number of hydrogen-bond acceptors (Lipinski definition) is 7. The van der Waals surface area contributed by atoms with Crippen LogP contribution in [0.1, 0.15) is 31.2 Å². The third-order valence-electron chi connectivity index (χ3n) is 7.30. The standard InChI is InChI=1S/C27H32F2N6O2/c1-2-34-11-7-19(8-12-34)18-3-5-20(6-4-18)22-15-23-24(31-10-9-30-23)26(33-22)32-16-21-17-35(13-14-37-21)27(36)25(28)29/h3-6,9-10,15,19,21,25H,2,7-8,11-14,16-17H2,1H3,(H,32,33)/t21-/m1/s1. The number of piperidine rings is 1. The molecule has 0 unspecified atom stereocenters. The maximum Gasteiger partial charge on any atom is 0.315 e. The Morgan fingerprint density at radius 1 is 1.14 bits per heavy atom. The van der Waals surface area contributed by atoms with Crippen molar-refractivity contribution in [3.63, 3.8) is 0 Å². The number of anilines is 1. The SMILES string of the molecule is CCN1CCC(c2ccc(-c3cc4nccnc4c(NC[C@@H]4CN(C(=O)C(F)F)CCO4)n3)cc2)CC1. The second-order valence-electron chi connectivity index (χ2n) is 9.57. The summed E-state index contributed by atoms with van der Waals surface area (Å²) in [4.78, 5) is 29.1. The number of halogens is 2. The van der Waals surface area contributed by atoms with Gasteiger partial charge in [-0.1, -0.05) is 31.2 Å². The third-order valence-corrected chi connectivity index (χ3v) is 7.30. The van der Waals surface area contributed by atoms with Crippen LogP contribution in [0.5, 0.6) is 0 Å². The Labute approximate surface area is 215 Å². The molecule has 1 aromatic carbocycles. The predicted octanol–water partition coefficient (Wildman–Crippen LogP) is 3.80. The van der Waals surface area contributed by atoms with Crippen LogP contribution in [0.2, 0.25) is 0 Å². The van der Waals surface area contributed by atoms with Crippen LogP contribution in [-0.4, -0.2) is 89.1 Å². The Hall–Kier alpha value is -3.24. The first kappa shape index (κ1) is 25.4. The number of morpholine rings is 1. The number of nitrogens with zero attached hydrogens (tertiary/aromatic N) is 5. The van der Waals surface area contributed by atoms with E-state index < -0.39 is 18.4 Å². The second kappa shape index (κ2) is 11.4. The molecular formula is C27H32F2N6O2. The zero-order valence-electron chi connectivity index (χ0n) is 20.9. The summed E-state index contributed by atoms with van der Waals surface area (Å²) in [6, 6.07) is 10.5. The van der Waals surface area contributed by atoms with Gasteiger partial charge in [-0.3, -0.25) is 9.78 Å². The van der Waals surface area contributed by atoms with Crippen molar-refractivity contribution in [2.24, 2.45) is 0 Å². The summed E-state index contributed by atoms with van der Waals surface area (Å²) >= 11 is 0. The molecule has 0 bridgehead atoms. The van der Waals surface area contributed by atoms with Gasteiger partial charge in [0.1, 0.15) is 5.52 Å². The smallest absolute Gasteiger partial charge is 0.315 e. The van der Waals surface area contributed by atoms with Crippen molar-refractivity contribution < 1.29 is 18.3 Å². The van der Waals surface area contributed by atoms with Gasteiger partial charge in [0.15, 0.2) is 5.82 Å². The number of alkyl halides is 2. The summed E-state index contributed by atoms with van der Waals surface area (Å²) < 4.78 is 31.4. The van der Waals surface area contributed by atoms with Crippen LogP contribution in [0.15, 0.2) is 42.7 Å². The molecule has 0 saturated carbocycles. The summed E-state index contributed by atoms with van der Waals surface area (Å²) in [6.45, 7) is 6.37. The van der Waals surface area contributed by atoms with Crippen LogP contribution < -0.4 is 5.32 Å². The van der Waals surface area contributed by atoms with E-state index in [9.17, 15) is 13.6 Å². The highest BCUT2D eigenvalue weighted by Gasteiger charge is 2.29. The molecule has 8 nitrogen and oxygen atoms in total. The van der Waals surface area contributed by atoms with E-state index in [2.05, 4.69) is 51.4 Å². The van der Waals surface area contributed by atoms with E-state index in [0.29, 0.717) is 29.3 Å². The number of fused-ring (bicyclic) bond motifs is 1. The molecule has 2 fully saturated rings. The molecule has 1 amide bonds. The Bertz CT molecular complexity index is 1220. The minimum absolute atomic E-state index is 0.0954. The number of nitrogens with one attached hydrogen (secondary N) is 1. The fourth-order valence-corrected chi connectivity index (χ4v) is 5.14. The Kier molecular flexibility index (Phi) is 7.85. The quantitative estimate of drug-likeness (QED) is 0.518. The zero-order valence-corrected chi connectivity index (χ0v) is 20.9. The van der Waals surface area contributed by atoms with Gasteiger partial charge in [0.2, 0.25) is 0 Å². The maximum atomic E-state index is 12.9. The van der Waals surface area contributed by atoms with Crippen LogP contribution in [-0.2, 0) is 9.53 Å². The van der Waals surface area contributed by atoms with Crippen molar-refractivity contribution in [1.82, 2.24) is 24.8 Å². The second-order valence-corrected chi connectivity index (χ2v) is 9.57. The Balaban J connectivity index is 1.32. The lowest BCUT2D eigenvalue weighted by Gasteiger charge is -2.33. The molecule has 0 aliphatic carbocycles. The first-order chi connectivity index (χ1) is 18.0. The van der Waals surface area contributed by atoms with Gasteiger partial charge in [-0.15, -0.1) is 0 Å². The summed E-state index contributed by atoms with van der Waals surface area (Å²) in [7, 11) is 0. The van der Waals surface area contributed by atoms with Crippen molar-refractivity contribution in [1.29, 1.82) is 0 Å². The van der Waals surface area contributed by atoms with E-state index in [1.54, 1.807) is 12.4 Å². The number of benzene rings is 1. The van der Waals surface area contributed by atoms with Crippen LogP contribution in [0.4, 0.5) is 14.6 Å². The van der Waals surface area contributed by atoms with E-state index in [0.717, 1.165) is 35.8 Å². The number of carbonyl (C=O) groups is 1. The summed E-state index contributed by atoms with van der Waals surface area (Å²) in [5.41, 5.74) is 4.41. The zero-order chi connectivity index (χ0) is 25.8. The summed E-state index contributed by atoms with van der Waals surface area (Å²) in [5.74, 6) is -0.0434. The Morgan fingerprint density at radius 3 is 2.62 bits per heavy atom. The minimum Gasteiger partial charge on any atom is -0.373 e. The molecule has 3 aromatic rings. The maximum absolute atomic E-state index is 12.9. The van der Waals surface area contributed by atoms with E-state index in [1.807, 2.05) is 6.07 Å². The van der Waals surface area contributed by atoms with Crippen molar-refractivity contribution >= 4 is 22.8 Å². The highest BCUT2D eigenvalue weighted by Crippen LogP contribution is 2.31. The lowest BCUT2D eigenvalue weighted by atomic mass is 9.89. The molecule has 0 spiro atoms. The lowest BCUT2D eigenvalue weighted by molar-refractivity contribution is -0.149. The lowest BCUT2D eigenvalue weighted by Crippen LogP contribution is -2.49. The number of ether oxygens (including phenoxy) is 1. The van der Waals surface area contributed by atoms with Gasteiger partial charge in [0, 0.05) is 37.6 Å². The van der Waals surface area contributed by atoms with Crippen molar-refractivity contribution in [2.75, 3.05) is 51.2 Å². The molecule has 0 radical (unpaired) electrons. The van der Waals surface area contributed by atoms with Gasteiger partial charge in [0.25, 0.3) is 5.91 Å². The molecule has 1 atom stereocenters. The average molecular weight is 511 g/mol. The number of aromatic nitrogens is 3. The van der Waals surface area contributed by atoms with Crippen molar-refractivity contribution in [3.8, 4) is 11.3 Å². The van der Waals surface area contributed by atoms with Crippen LogP contribution in [0.25, 0.3) is 22.3 Å². The number of pyridine rings is 1. The number of amides is 1. The van der Waals surface area contributed by atoms with Crippen LogP contribution >= 0.6 is 0 Å². The van der Waals surface area contributed by atoms with Gasteiger partial charge >= 0.3 is 6.43 Å². The number of likely N-dealkylation sites (tertiary alicyclic amines) is 1.